The van der Waals surface area contributed by atoms with Crippen LogP contribution in [0.3, 0.4) is 0 Å². The molecule has 11 heteroatoms. The number of hydrogen-bond donors (Lipinski definition) is 3. The van der Waals surface area contributed by atoms with Gasteiger partial charge in [0.1, 0.15) is 17.2 Å². The fraction of sp³-hybridized carbons (Fsp3) is 0.296. The Morgan fingerprint density at radius 3 is 2.39 bits per heavy atom. The van der Waals surface area contributed by atoms with E-state index in [0.29, 0.717) is 12.8 Å². The number of rotatable bonds is 7. The van der Waals surface area contributed by atoms with Gasteiger partial charge in [-0.05, 0) is 73.6 Å². The Morgan fingerprint density at radius 1 is 1.00 bits per heavy atom. The number of alkyl halides is 3. The lowest BCUT2D eigenvalue weighted by molar-refractivity contribution is -0.182. The second-order valence-electron chi connectivity index (χ2n) is 9.03. The number of anilines is 1. The van der Waals surface area contributed by atoms with E-state index >= 15 is 0 Å². The van der Waals surface area contributed by atoms with Crippen LogP contribution >= 0.6 is 0 Å². The molecule has 1 aliphatic carbocycles. The summed E-state index contributed by atoms with van der Waals surface area (Å²) in [5.41, 5.74) is 6.39. The molecule has 0 radical (unpaired) electrons. The minimum absolute atomic E-state index is 0.0297. The SMILES string of the molecule is COc1cc(O)ccc1Oc1cc(C2CCC(C(F)(F)F)CC2)ccc1C(=O)Nc1ccnc(C(N)=O)c1. The number of carbonyl (C=O) groups is 2. The number of pyridine rings is 1. The van der Waals surface area contributed by atoms with Crippen molar-refractivity contribution >= 4 is 17.5 Å². The van der Waals surface area contributed by atoms with E-state index in [0.717, 1.165) is 5.56 Å². The first-order valence-electron chi connectivity index (χ1n) is 11.9. The molecule has 2 amide bonds. The summed E-state index contributed by atoms with van der Waals surface area (Å²) < 4.78 is 50.8. The summed E-state index contributed by atoms with van der Waals surface area (Å²) in [6.45, 7) is 0. The van der Waals surface area contributed by atoms with Crippen LogP contribution in [-0.4, -0.2) is 35.2 Å². The first kappa shape index (κ1) is 26.8. The second-order valence-corrected chi connectivity index (χ2v) is 9.03. The average Bonchev–Trinajstić information content (AvgIpc) is 2.89. The number of primary amides is 1. The van der Waals surface area contributed by atoms with Crippen LogP contribution in [0.1, 0.15) is 58.0 Å². The minimum atomic E-state index is -4.21. The molecule has 4 N–H and O–H groups in total. The molecule has 0 saturated heterocycles. The van der Waals surface area contributed by atoms with Crippen molar-refractivity contribution < 1.29 is 37.3 Å². The summed E-state index contributed by atoms with van der Waals surface area (Å²) in [5, 5.41) is 12.5. The van der Waals surface area contributed by atoms with Gasteiger partial charge in [-0.25, -0.2) is 0 Å². The van der Waals surface area contributed by atoms with E-state index in [1.54, 1.807) is 18.2 Å². The van der Waals surface area contributed by atoms with Crippen molar-refractivity contribution in [1.82, 2.24) is 4.98 Å². The van der Waals surface area contributed by atoms with Crippen LogP contribution in [0, 0.1) is 5.92 Å². The maximum Gasteiger partial charge on any atom is 0.391 e. The topological polar surface area (TPSA) is 124 Å². The summed E-state index contributed by atoms with van der Waals surface area (Å²) in [6.07, 6.45) is -2.12. The Bertz CT molecular complexity index is 1340. The fourth-order valence-corrected chi connectivity index (χ4v) is 4.52. The van der Waals surface area contributed by atoms with Gasteiger partial charge in [0.2, 0.25) is 0 Å². The van der Waals surface area contributed by atoms with Crippen molar-refractivity contribution in [2.45, 2.75) is 37.8 Å². The molecule has 38 heavy (non-hydrogen) atoms. The number of ether oxygens (including phenoxy) is 2. The van der Waals surface area contributed by atoms with Crippen molar-refractivity contribution in [3.63, 3.8) is 0 Å². The van der Waals surface area contributed by atoms with E-state index in [1.165, 1.54) is 43.6 Å². The van der Waals surface area contributed by atoms with Crippen molar-refractivity contribution in [2.75, 3.05) is 12.4 Å². The predicted octanol–water partition coefficient (Wildman–Crippen LogP) is 5.78. The fourth-order valence-electron chi connectivity index (χ4n) is 4.52. The Kier molecular flexibility index (Phi) is 7.75. The van der Waals surface area contributed by atoms with Gasteiger partial charge in [0, 0.05) is 18.0 Å². The molecular weight excluding hydrogens is 503 g/mol. The van der Waals surface area contributed by atoms with Crippen molar-refractivity contribution in [3.05, 3.63) is 71.5 Å². The van der Waals surface area contributed by atoms with Gasteiger partial charge in [-0.3, -0.25) is 14.6 Å². The lowest BCUT2D eigenvalue weighted by atomic mass is 9.78. The highest BCUT2D eigenvalue weighted by molar-refractivity contribution is 6.06. The van der Waals surface area contributed by atoms with Crippen LogP contribution < -0.4 is 20.5 Å². The zero-order valence-electron chi connectivity index (χ0n) is 20.4. The highest BCUT2D eigenvalue weighted by Gasteiger charge is 2.41. The van der Waals surface area contributed by atoms with Crippen LogP contribution in [-0.2, 0) is 0 Å². The number of phenols is 1. The summed E-state index contributed by atoms with van der Waals surface area (Å²) in [5.74, 6) is -2.23. The number of aromatic hydroxyl groups is 1. The number of amides is 2. The van der Waals surface area contributed by atoms with Gasteiger partial charge in [-0.15, -0.1) is 0 Å². The first-order valence-corrected chi connectivity index (χ1v) is 11.9. The molecule has 0 unspecified atom stereocenters. The lowest BCUT2D eigenvalue weighted by Gasteiger charge is -2.30. The van der Waals surface area contributed by atoms with E-state index in [-0.39, 0.29) is 58.7 Å². The highest BCUT2D eigenvalue weighted by atomic mass is 19.4. The molecule has 8 nitrogen and oxygen atoms in total. The smallest absolute Gasteiger partial charge is 0.391 e. The number of nitrogens with one attached hydrogen (secondary N) is 1. The molecule has 0 bridgehead atoms. The molecule has 4 rings (SSSR count). The third-order valence-corrected chi connectivity index (χ3v) is 6.55. The van der Waals surface area contributed by atoms with Gasteiger partial charge in [0.05, 0.1) is 18.6 Å². The molecular formula is C27H26F3N3O5. The Balaban J connectivity index is 1.65. The average molecular weight is 530 g/mol. The zero-order chi connectivity index (χ0) is 27.4. The van der Waals surface area contributed by atoms with Gasteiger partial charge < -0.3 is 25.6 Å². The maximum atomic E-state index is 13.2. The molecule has 1 aromatic heterocycles. The normalized spacial score (nSPS) is 17.5. The summed E-state index contributed by atoms with van der Waals surface area (Å²) in [4.78, 5) is 28.5. The summed E-state index contributed by atoms with van der Waals surface area (Å²) in [6, 6.07) is 11.9. The van der Waals surface area contributed by atoms with Gasteiger partial charge >= 0.3 is 6.18 Å². The van der Waals surface area contributed by atoms with Crippen LogP contribution in [0.25, 0.3) is 0 Å². The van der Waals surface area contributed by atoms with E-state index < -0.39 is 23.9 Å². The van der Waals surface area contributed by atoms with Crippen LogP contribution in [0.5, 0.6) is 23.0 Å². The van der Waals surface area contributed by atoms with E-state index in [4.69, 9.17) is 15.2 Å². The molecule has 1 heterocycles. The lowest BCUT2D eigenvalue weighted by Crippen LogP contribution is -2.27. The number of carbonyl (C=O) groups excluding carboxylic acids is 2. The van der Waals surface area contributed by atoms with Crippen LogP contribution in [0.15, 0.2) is 54.7 Å². The van der Waals surface area contributed by atoms with Crippen LogP contribution in [0.4, 0.5) is 18.9 Å². The predicted molar refractivity (Wildman–Crippen MR) is 133 cm³/mol. The number of halogens is 3. The number of aromatic nitrogens is 1. The molecule has 200 valence electrons. The standard InChI is InChI=1S/C27H26F3N3O5/c1-37-24-14-19(34)7-9-22(24)38-23-12-16(15-2-5-17(6-3-15)27(28,29)30)4-8-20(23)26(36)33-18-10-11-32-21(13-18)25(31)35/h4,7-15,17,34H,2-3,5-6H2,1H3,(H2,31,35)(H,32,33,36). The highest BCUT2D eigenvalue weighted by Crippen LogP contribution is 2.44. The number of methoxy groups -OCH3 is 1. The molecule has 1 fully saturated rings. The van der Waals surface area contributed by atoms with E-state index in [2.05, 4.69) is 10.3 Å². The van der Waals surface area contributed by atoms with Gasteiger partial charge in [0.25, 0.3) is 11.8 Å². The molecule has 0 aliphatic heterocycles. The van der Waals surface area contributed by atoms with Crippen molar-refractivity contribution in [2.24, 2.45) is 11.7 Å². The maximum absolute atomic E-state index is 13.2. The van der Waals surface area contributed by atoms with Crippen molar-refractivity contribution in [3.8, 4) is 23.0 Å². The quantitative estimate of drug-likeness (QED) is 0.357. The van der Waals surface area contributed by atoms with Gasteiger partial charge in [-0.2, -0.15) is 13.2 Å². The first-order chi connectivity index (χ1) is 18.0. The molecule has 3 aromatic rings. The number of nitrogens with zero attached hydrogens (tertiary/aromatic N) is 1. The van der Waals surface area contributed by atoms with Gasteiger partial charge in [0.15, 0.2) is 11.5 Å². The third kappa shape index (κ3) is 6.16. The molecule has 2 aromatic carbocycles. The number of benzene rings is 2. The molecule has 0 atom stereocenters. The zero-order valence-corrected chi connectivity index (χ0v) is 20.4. The summed E-state index contributed by atoms with van der Waals surface area (Å²) >= 11 is 0. The number of nitrogens with two attached hydrogens (primary N) is 1. The van der Waals surface area contributed by atoms with E-state index in [1.807, 2.05) is 0 Å². The Hall–Kier alpha value is -4.28. The monoisotopic (exact) mass is 529 g/mol. The van der Waals surface area contributed by atoms with Crippen LogP contribution in [0.2, 0.25) is 0 Å². The second kappa shape index (κ2) is 11.0. The minimum Gasteiger partial charge on any atom is -0.508 e. The third-order valence-electron chi connectivity index (χ3n) is 6.55. The number of phenolic OH excluding ortho intramolecular Hbond substituents is 1. The molecule has 1 saturated carbocycles. The largest absolute Gasteiger partial charge is 0.508 e. The van der Waals surface area contributed by atoms with E-state index in [9.17, 15) is 27.9 Å². The molecule has 0 spiro atoms. The summed E-state index contributed by atoms with van der Waals surface area (Å²) in [7, 11) is 1.39. The Morgan fingerprint density at radius 2 is 1.74 bits per heavy atom. The Labute approximate surface area is 216 Å². The molecule has 1 aliphatic rings. The van der Waals surface area contributed by atoms with Crippen molar-refractivity contribution in [1.29, 1.82) is 0 Å². The number of hydrogen-bond acceptors (Lipinski definition) is 6. The van der Waals surface area contributed by atoms with Gasteiger partial charge in [-0.1, -0.05) is 6.07 Å².